The number of rotatable bonds is 5. The lowest BCUT2D eigenvalue weighted by Crippen LogP contribution is -2.51. The first-order chi connectivity index (χ1) is 11.4. The van der Waals surface area contributed by atoms with Gasteiger partial charge in [0.1, 0.15) is 13.2 Å². The Kier molecular flexibility index (Phi) is 4.72. The molecule has 0 aromatic carbocycles. The molecule has 0 radical (unpaired) electrons. The molecule has 2 aliphatic rings. The molecule has 3 rings (SSSR count). The third kappa shape index (κ3) is 3.36. The summed E-state index contributed by atoms with van der Waals surface area (Å²) in [6.07, 6.45) is -1.92. The summed E-state index contributed by atoms with van der Waals surface area (Å²) in [5.41, 5.74) is 0.855. The van der Waals surface area contributed by atoms with Crippen LogP contribution in [0.25, 0.3) is 0 Å². The van der Waals surface area contributed by atoms with Crippen molar-refractivity contribution in [1.82, 2.24) is 19.9 Å². The quantitative estimate of drug-likeness (QED) is 0.736. The molecule has 3 heterocycles. The van der Waals surface area contributed by atoms with Crippen LogP contribution in [0.3, 0.4) is 0 Å². The van der Waals surface area contributed by atoms with Crippen LogP contribution < -0.4 is 0 Å². The number of alkyl halides is 4. The highest BCUT2D eigenvalue weighted by Crippen LogP contribution is 2.30. The van der Waals surface area contributed by atoms with E-state index in [9.17, 15) is 22.4 Å². The van der Waals surface area contributed by atoms with Gasteiger partial charge in [-0.05, 0) is 6.42 Å². The molecule has 2 atom stereocenters. The number of amides is 1. The van der Waals surface area contributed by atoms with Crippen LogP contribution in [0.2, 0.25) is 0 Å². The van der Waals surface area contributed by atoms with Crippen molar-refractivity contribution in [3.05, 3.63) is 11.9 Å². The Hall–Kier alpha value is -1.75. The molecule has 0 unspecified atom stereocenters. The van der Waals surface area contributed by atoms with E-state index >= 15 is 0 Å². The Morgan fingerprint density at radius 1 is 1.50 bits per heavy atom. The van der Waals surface area contributed by atoms with E-state index in [0.29, 0.717) is 19.6 Å². The molecule has 134 valence electrons. The Labute approximate surface area is 134 Å². The summed E-state index contributed by atoms with van der Waals surface area (Å²) in [7, 11) is 0. The highest BCUT2D eigenvalue weighted by molar-refractivity contribution is 5.77. The van der Waals surface area contributed by atoms with Crippen molar-refractivity contribution in [2.75, 3.05) is 26.3 Å². The number of ether oxygens (including phenoxy) is 2. The Balaban J connectivity index is 1.50. The molecule has 1 fully saturated rings. The average molecular weight is 352 g/mol. The number of nitrogens with zero attached hydrogens (tertiary/aromatic N) is 4. The van der Waals surface area contributed by atoms with Crippen LogP contribution in [0.15, 0.2) is 6.20 Å². The summed E-state index contributed by atoms with van der Waals surface area (Å²) in [4.78, 5) is 13.4. The zero-order valence-electron chi connectivity index (χ0n) is 12.6. The average Bonchev–Trinajstić information content (AvgIpc) is 3.02. The summed E-state index contributed by atoms with van der Waals surface area (Å²) in [6, 6.07) is -0.0376. The lowest BCUT2D eigenvalue weighted by Gasteiger charge is -2.40. The molecule has 2 aliphatic heterocycles. The highest BCUT2D eigenvalue weighted by atomic mass is 19.3. The maximum absolute atomic E-state index is 12.7. The van der Waals surface area contributed by atoms with Crippen LogP contribution in [0.5, 0.6) is 0 Å². The first-order valence-electron chi connectivity index (χ1n) is 7.40. The van der Waals surface area contributed by atoms with Crippen LogP contribution in [0, 0.1) is 0 Å². The molecule has 1 saturated heterocycles. The molecule has 0 spiro atoms. The molecular formula is C13H16F4N4O3. The second-order valence-electron chi connectivity index (χ2n) is 5.77. The van der Waals surface area contributed by atoms with Crippen molar-refractivity contribution in [3.63, 3.8) is 0 Å². The second kappa shape index (κ2) is 6.63. The number of halogens is 4. The lowest BCUT2D eigenvalue weighted by molar-refractivity contribution is -0.172. The summed E-state index contributed by atoms with van der Waals surface area (Å²) >= 11 is 0. The SMILES string of the molecule is O=C(COCC(F)(F)C(F)F)N1CC[C@H]2[C@H](C1)OCc1cnnn12. The van der Waals surface area contributed by atoms with E-state index in [1.54, 1.807) is 10.9 Å². The predicted molar refractivity (Wildman–Crippen MR) is 70.6 cm³/mol. The third-order valence-corrected chi connectivity index (χ3v) is 4.12. The van der Waals surface area contributed by atoms with E-state index in [1.165, 1.54) is 4.90 Å². The molecular weight excluding hydrogens is 336 g/mol. The van der Waals surface area contributed by atoms with Gasteiger partial charge < -0.3 is 14.4 Å². The molecule has 11 heteroatoms. The van der Waals surface area contributed by atoms with Gasteiger partial charge in [-0.15, -0.1) is 5.10 Å². The van der Waals surface area contributed by atoms with E-state index in [0.717, 1.165) is 5.69 Å². The summed E-state index contributed by atoms with van der Waals surface area (Å²) < 4.78 is 61.4. The number of likely N-dealkylation sites (tertiary alicyclic amines) is 1. The number of fused-ring (bicyclic) bond motifs is 3. The van der Waals surface area contributed by atoms with Crippen molar-refractivity contribution in [1.29, 1.82) is 0 Å². The normalized spacial score (nSPS) is 24.0. The summed E-state index contributed by atoms with van der Waals surface area (Å²) in [6.45, 7) is -1.20. The van der Waals surface area contributed by atoms with Gasteiger partial charge in [0.25, 0.3) is 0 Å². The zero-order valence-corrected chi connectivity index (χ0v) is 12.6. The Bertz CT molecular complexity index is 598. The largest absolute Gasteiger partial charge is 0.368 e. The smallest absolute Gasteiger partial charge is 0.330 e. The number of hydrogen-bond donors (Lipinski definition) is 0. The zero-order chi connectivity index (χ0) is 17.3. The van der Waals surface area contributed by atoms with Crippen molar-refractivity contribution in [2.24, 2.45) is 0 Å². The van der Waals surface area contributed by atoms with Gasteiger partial charge in [-0.3, -0.25) is 4.79 Å². The number of aromatic nitrogens is 3. The number of piperidine rings is 1. The molecule has 7 nitrogen and oxygen atoms in total. The first kappa shape index (κ1) is 17.1. The molecule has 1 aromatic rings. The van der Waals surface area contributed by atoms with Gasteiger partial charge in [-0.25, -0.2) is 13.5 Å². The third-order valence-electron chi connectivity index (χ3n) is 4.12. The van der Waals surface area contributed by atoms with E-state index in [1.807, 2.05) is 0 Å². The highest BCUT2D eigenvalue weighted by Gasteiger charge is 2.42. The van der Waals surface area contributed by atoms with Gasteiger partial charge in [-0.1, -0.05) is 5.21 Å². The Morgan fingerprint density at radius 3 is 3.04 bits per heavy atom. The molecule has 24 heavy (non-hydrogen) atoms. The van der Waals surface area contributed by atoms with Crippen molar-refractivity contribution < 1.29 is 31.8 Å². The maximum atomic E-state index is 12.7. The minimum Gasteiger partial charge on any atom is -0.368 e. The summed E-state index contributed by atoms with van der Waals surface area (Å²) in [5, 5.41) is 7.84. The fourth-order valence-electron chi connectivity index (χ4n) is 2.84. The van der Waals surface area contributed by atoms with Crippen LogP contribution in [-0.2, 0) is 20.9 Å². The molecule has 0 N–H and O–H groups in total. The lowest BCUT2D eigenvalue weighted by atomic mass is 10.00. The van der Waals surface area contributed by atoms with E-state index in [4.69, 9.17) is 4.74 Å². The van der Waals surface area contributed by atoms with Gasteiger partial charge in [0.05, 0.1) is 30.6 Å². The molecule has 1 amide bonds. The van der Waals surface area contributed by atoms with E-state index < -0.39 is 31.5 Å². The number of hydrogen-bond acceptors (Lipinski definition) is 5. The number of carbonyl (C=O) groups excluding carboxylic acids is 1. The van der Waals surface area contributed by atoms with Crippen LogP contribution in [0.1, 0.15) is 18.2 Å². The van der Waals surface area contributed by atoms with Gasteiger partial charge in [-0.2, -0.15) is 8.78 Å². The predicted octanol–water partition coefficient (Wildman–Crippen LogP) is 0.867. The van der Waals surface area contributed by atoms with Gasteiger partial charge >= 0.3 is 12.3 Å². The van der Waals surface area contributed by atoms with Crippen molar-refractivity contribution >= 4 is 5.91 Å². The molecule has 1 aromatic heterocycles. The molecule has 0 bridgehead atoms. The fourth-order valence-corrected chi connectivity index (χ4v) is 2.84. The molecule has 0 aliphatic carbocycles. The van der Waals surface area contributed by atoms with Crippen LogP contribution in [0.4, 0.5) is 17.6 Å². The standard InChI is InChI=1S/C13H16F4N4O3/c14-12(15)13(16,17)7-23-6-11(22)20-2-1-9-10(4-20)24-5-8-3-18-19-21(8)9/h3,9-10,12H,1-2,4-7H2/t9-,10-/m0/s1. The topological polar surface area (TPSA) is 69.5 Å². The van der Waals surface area contributed by atoms with Crippen molar-refractivity contribution in [2.45, 2.75) is 37.5 Å². The maximum Gasteiger partial charge on any atom is 0.330 e. The molecule has 0 saturated carbocycles. The van der Waals surface area contributed by atoms with Gasteiger partial charge in [0.2, 0.25) is 5.91 Å². The van der Waals surface area contributed by atoms with E-state index in [2.05, 4.69) is 15.0 Å². The number of carbonyl (C=O) groups is 1. The summed E-state index contributed by atoms with van der Waals surface area (Å²) in [5.74, 6) is -4.80. The fraction of sp³-hybridized carbons (Fsp3) is 0.769. The van der Waals surface area contributed by atoms with Crippen LogP contribution in [-0.4, -0.2) is 70.6 Å². The first-order valence-corrected chi connectivity index (χ1v) is 7.40. The minimum atomic E-state index is -4.26. The van der Waals surface area contributed by atoms with E-state index in [-0.39, 0.29) is 18.7 Å². The minimum absolute atomic E-state index is 0.0376. The van der Waals surface area contributed by atoms with Gasteiger partial charge in [0.15, 0.2) is 0 Å². The van der Waals surface area contributed by atoms with Crippen molar-refractivity contribution in [3.8, 4) is 0 Å². The van der Waals surface area contributed by atoms with Crippen LogP contribution >= 0.6 is 0 Å². The van der Waals surface area contributed by atoms with Gasteiger partial charge in [0, 0.05) is 13.1 Å². The Morgan fingerprint density at radius 2 is 2.29 bits per heavy atom. The second-order valence-corrected chi connectivity index (χ2v) is 5.77. The monoisotopic (exact) mass is 352 g/mol.